The Hall–Kier alpha value is -1.63. The van der Waals surface area contributed by atoms with E-state index in [-0.39, 0.29) is 5.54 Å². The van der Waals surface area contributed by atoms with Crippen LogP contribution in [0.1, 0.15) is 26.2 Å². The van der Waals surface area contributed by atoms with E-state index >= 15 is 0 Å². The molecule has 7 nitrogen and oxygen atoms in total. The van der Waals surface area contributed by atoms with Gasteiger partial charge in [0.05, 0.1) is 7.11 Å². The molecule has 1 saturated carbocycles. The number of hydrogen-bond donors (Lipinski definition) is 1. The lowest BCUT2D eigenvalue weighted by atomic mass is 9.75. The van der Waals surface area contributed by atoms with Crippen LogP contribution in [-0.4, -0.2) is 66.7 Å². The van der Waals surface area contributed by atoms with Crippen LogP contribution >= 0.6 is 0 Å². The molecule has 0 atom stereocenters. The predicted octanol–water partition coefficient (Wildman–Crippen LogP) is 1.23. The van der Waals surface area contributed by atoms with Gasteiger partial charge in [-0.25, -0.2) is 0 Å². The summed E-state index contributed by atoms with van der Waals surface area (Å²) in [5.74, 6) is 1.20. The van der Waals surface area contributed by atoms with Crippen LogP contribution in [0.2, 0.25) is 0 Å². The summed E-state index contributed by atoms with van der Waals surface area (Å²) in [6.45, 7) is 3.67. The van der Waals surface area contributed by atoms with E-state index in [1.165, 1.54) is 19.3 Å². The van der Waals surface area contributed by atoms with Crippen molar-refractivity contribution in [1.82, 2.24) is 19.9 Å². The van der Waals surface area contributed by atoms with Gasteiger partial charge in [-0.1, -0.05) is 0 Å². The highest BCUT2D eigenvalue weighted by molar-refractivity contribution is 5.38. The van der Waals surface area contributed by atoms with Gasteiger partial charge in [0.1, 0.15) is 0 Å². The van der Waals surface area contributed by atoms with Crippen LogP contribution in [0.4, 0.5) is 11.9 Å². The van der Waals surface area contributed by atoms with Crippen molar-refractivity contribution in [3.05, 3.63) is 0 Å². The third kappa shape index (κ3) is 3.34. The molecule has 118 valence electrons. The van der Waals surface area contributed by atoms with Crippen molar-refractivity contribution in [3.8, 4) is 6.01 Å². The molecular formula is C14H26N6O. The minimum atomic E-state index is 0.229. The number of methoxy groups -OCH3 is 1. The van der Waals surface area contributed by atoms with E-state index in [2.05, 4.69) is 44.2 Å². The van der Waals surface area contributed by atoms with E-state index in [4.69, 9.17) is 4.74 Å². The Labute approximate surface area is 126 Å². The summed E-state index contributed by atoms with van der Waals surface area (Å²) in [5.41, 5.74) is 0.229. The fourth-order valence-electron chi connectivity index (χ4n) is 2.69. The molecule has 2 rings (SSSR count). The maximum Gasteiger partial charge on any atom is 0.322 e. The highest BCUT2D eigenvalue weighted by atomic mass is 16.5. The number of ether oxygens (including phenoxy) is 1. The quantitative estimate of drug-likeness (QED) is 0.811. The highest BCUT2D eigenvalue weighted by Gasteiger charge is 2.40. The molecule has 21 heavy (non-hydrogen) atoms. The maximum atomic E-state index is 5.17. The van der Waals surface area contributed by atoms with E-state index < -0.39 is 0 Å². The van der Waals surface area contributed by atoms with E-state index in [1.54, 1.807) is 7.11 Å². The summed E-state index contributed by atoms with van der Waals surface area (Å²) in [4.78, 5) is 17.4. The molecule has 1 fully saturated rings. The smallest absolute Gasteiger partial charge is 0.322 e. The molecular weight excluding hydrogens is 268 g/mol. The number of aromatic nitrogens is 3. The second-order valence-electron chi connectivity index (χ2n) is 5.80. The molecule has 1 N–H and O–H groups in total. The van der Waals surface area contributed by atoms with Crippen molar-refractivity contribution in [2.75, 3.05) is 51.6 Å². The van der Waals surface area contributed by atoms with Gasteiger partial charge in [0, 0.05) is 25.7 Å². The van der Waals surface area contributed by atoms with E-state index in [1.807, 2.05) is 14.0 Å². The molecule has 1 aromatic heterocycles. The largest absolute Gasteiger partial charge is 0.467 e. The molecule has 0 bridgehead atoms. The van der Waals surface area contributed by atoms with Gasteiger partial charge in [0.25, 0.3) is 0 Å². The first-order valence-corrected chi connectivity index (χ1v) is 7.43. The fraction of sp³-hybridized carbons (Fsp3) is 0.786. The van der Waals surface area contributed by atoms with Crippen molar-refractivity contribution in [2.24, 2.45) is 0 Å². The van der Waals surface area contributed by atoms with Gasteiger partial charge in [-0.2, -0.15) is 15.0 Å². The number of nitrogens with one attached hydrogen (secondary N) is 1. The topological polar surface area (TPSA) is 66.4 Å². The second-order valence-corrected chi connectivity index (χ2v) is 5.80. The van der Waals surface area contributed by atoms with Crippen LogP contribution in [0.15, 0.2) is 0 Å². The number of rotatable bonds is 7. The Morgan fingerprint density at radius 1 is 1.19 bits per heavy atom. The first kappa shape index (κ1) is 15.8. The average Bonchev–Trinajstić information content (AvgIpc) is 2.42. The minimum absolute atomic E-state index is 0.229. The van der Waals surface area contributed by atoms with Crippen LogP contribution in [0, 0.1) is 0 Å². The SMILES string of the molecule is CCNc1nc(OC)nc(N(C)CC2(N(C)C)CCC2)n1. The van der Waals surface area contributed by atoms with Gasteiger partial charge in [-0.15, -0.1) is 0 Å². The van der Waals surface area contributed by atoms with Gasteiger partial charge in [0.2, 0.25) is 11.9 Å². The van der Waals surface area contributed by atoms with E-state index in [0.29, 0.717) is 17.9 Å². The van der Waals surface area contributed by atoms with Crippen LogP contribution in [0.3, 0.4) is 0 Å². The molecule has 1 aliphatic rings. The molecule has 0 saturated heterocycles. The van der Waals surface area contributed by atoms with Crippen LogP contribution < -0.4 is 15.0 Å². The lowest BCUT2D eigenvalue weighted by Gasteiger charge is -2.49. The zero-order valence-electron chi connectivity index (χ0n) is 13.7. The van der Waals surface area contributed by atoms with Gasteiger partial charge >= 0.3 is 6.01 Å². The van der Waals surface area contributed by atoms with Crippen LogP contribution in [0.5, 0.6) is 6.01 Å². The normalized spacial score (nSPS) is 16.5. The van der Waals surface area contributed by atoms with Crippen LogP contribution in [0.25, 0.3) is 0 Å². The number of likely N-dealkylation sites (N-methyl/N-ethyl adjacent to an activating group) is 2. The molecule has 0 amide bonds. The Balaban J connectivity index is 2.17. The summed E-state index contributed by atoms with van der Waals surface area (Å²) >= 11 is 0. The Morgan fingerprint density at radius 3 is 2.38 bits per heavy atom. The van der Waals surface area contributed by atoms with Crippen molar-refractivity contribution in [1.29, 1.82) is 0 Å². The molecule has 0 aliphatic heterocycles. The summed E-state index contributed by atoms with van der Waals surface area (Å²) in [7, 11) is 7.88. The Bertz CT molecular complexity index is 475. The van der Waals surface area contributed by atoms with Crippen molar-refractivity contribution < 1.29 is 4.74 Å². The van der Waals surface area contributed by atoms with Gasteiger partial charge in [-0.05, 0) is 40.3 Å². The van der Waals surface area contributed by atoms with Crippen molar-refractivity contribution in [2.45, 2.75) is 31.7 Å². The fourth-order valence-corrected chi connectivity index (χ4v) is 2.69. The first-order valence-electron chi connectivity index (χ1n) is 7.43. The lowest BCUT2D eigenvalue weighted by molar-refractivity contribution is 0.0680. The Morgan fingerprint density at radius 2 is 1.90 bits per heavy atom. The second kappa shape index (κ2) is 6.43. The summed E-state index contributed by atoms with van der Waals surface area (Å²) in [6.07, 6.45) is 3.72. The summed E-state index contributed by atoms with van der Waals surface area (Å²) in [5, 5.41) is 3.11. The van der Waals surface area contributed by atoms with Gasteiger partial charge < -0.3 is 19.9 Å². The third-order valence-electron chi connectivity index (χ3n) is 4.23. The molecule has 1 heterocycles. The molecule has 0 unspecified atom stereocenters. The minimum Gasteiger partial charge on any atom is -0.467 e. The standard InChI is InChI=1S/C14H26N6O/c1-6-15-11-16-12(18-13(17-11)21-5)20(4)10-14(19(2)3)8-7-9-14/h6-10H2,1-5H3,(H,15,16,17,18). The predicted molar refractivity (Wildman–Crippen MR) is 84.1 cm³/mol. The van der Waals surface area contributed by atoms with E-state index in [9.17, 15) is 0 Å². The summed E-state index contributed by atoms with van der Waals surface area (Å²) in [6, 6.07) is 0.343. The number of nitrogens with zero attached hydrogens (tertiary/aromatic N) is 5. The molecule has 0 aromatic carbocycles. The number of anilines is 2. The van der Waals surface area contributed by atoms with Gasteiger partial charge in [-0.3, -0.25) is 0 Å². The van der Waals surface area contributed by atoms with E-state index in [0.717, 1.165) is 13.1 Å². The molecule has 0 spiro atoms. The Kier molecular flexibility index (Phi) is 4.82. The monoisotopic (exact) mass is 294 g/mol. The zero-order chi connectivity index (χ0) is 15.5. The summed E-state index contributed by atoms with van der Waals surface area (Å²) < 4.78 is 5.17. The first-order chi connectivity index (χ1) is 10.0. The average molecular weight is 294 g/mol. The van der Waals surface area contributed by atoms with Gasteiger partial charge in [0.15, 0.2) is 0 Å². The lowest BCUT2D eigenvalue weighted by Crippen LogP contribution is -2.57. The van der Waals surface area contributed by atoms with Crippen molar-refractivity contribution >= 4 is 11.9 Å². The molecule has 0 radical (unpaired) electrons. The highest BCUT2D eigenvalue weighted by Crippen LogP contribution is 2.37. The number of hydrogen-bond acceptors (Lipinski definition) is 7. The maximum absolute atomic E-state index is 5.17. The molecule has 1 aromatic rings. The molecule has 1 aliphatic carbocycles. The third-order valence-corrected chi connectivity index (χ3v) is 4.23. The van der Waals surface area contributed by atoms with Crippen LogP contribution in [-0.2, 0) is 0 Å². The molecule has 7 heteroatoms. The zero-order valence-corrected chi connectivity index (χ0v) is 13.7. The van der Waals surface area contributed by atoms with Crippen molar-refractivity contribution in [3.63, 3.8) is 0 Å².